The first-order valence-corrected chi connectivity index (χ1v) is 15.9. The van der Waals surface area contributed by atoms with Crippen LogP contribution >= 0.6 is 12.6 Å². The first-order chi connectivity index (χ1) is 22.1. The highest BCUT2D eigenvalue weighted by Gasteiger charge is 2.27. The summed E-state index contributed by atoms with van der Waals surface area (Å²) in [5.41, 5.74) is 12.9. The summed E-state index contributed by atoms with van der Waals surface area (Å²) < 4.78 is 0. The summed E-state index contributed by atoms with van der Waals surface area (Å²) in [6.45, 7) is 2.29. The molecule has 1 unspecified atom stereocenters. The number of hydrogen-bond donors (Lipinski definition) is 2. The minimum atomic E-state index is -0.0746. The molecule has 0 amide bonds. The molecule has 0 radical (unpaired) electrons. The topological polar surface area (TPSA) is 12.0 Å². The Labute approximate surface area is 272 Å². The number of nitrogens with one attached hydrogen (secondary N) is 1. The van der Waals surface area contributed by atoms with Gasteiger partial charge in [-0.25, -0.2) is 0 Å². The fraction of sp³-hybridized carbons (Fsp3) is 0.0698. The Balaban J connectivity index is 1.26. The molecule has 2 heteroatoms. The highest BCUT2D eigenvalue weighted by Crippen LogP contribution is 2.40. The molecular weight excluding hydrogens is 563 g/mol. The first kappa shape index (κ1) is 28.7. The van der Waals surface area contributed by atoms with E-state index < -0.39 is 0 Å². The van der Waals surface area contributed by atoms with Gasteiger partial charge in [-0.3, -0.25) is 0 Å². The van der Waals surface area contributed by atoms with Gasteiger partial charge in [0.15, 0.2) is 0 Å². The van der Waals surface area contributed by atoms with Crippen molar-refractivity contribution < 1.29 is 0 Å². The summed E-state index contributed by atoms with van der Waals surface area (Å²) in [6, 6.07) is 53.8. The van der Waals surface area contributed by atoms with Gasteiger partial charge in [0, 0.05) is 27.2 Å². The molecule has 0 heterocycles. The number of allylic oxidation sites excluding steroid dienone is 4. The van der Waals surface area contributed by atoms with Gasteiger partial charge in [-0.15, -0.1) is 12.6 Å². The number of benzene rings is 6. The maximum Gasteiger partial charge on any atom is 0.0464 e. The fourth-order valence-corrected chi connectivity index (χ4v) is 6.64. The number of anilines is 2. The molecule has 7 rings (SSSR count). The molecule has 0 aromatic heterocycles. The summed E-state index contributed by atoms with van der Waals surface area (Å²) in [4.78, 5) is 1.04. The van der Waals surface area contributed by atoms with Gasteiger partial charge < -0.3 is 5.32 Å². The monoisotopic (exact) mass is 597 g/mol. The highest BCUT2D eigenvalue weighted by molar-refractivity contribution is 7.80. The van der Waals surface area contributed by atoms with Gasteiger partial charge in [0.25, 0.3) is 0 Å². The van der Waals surface area contributed by atoms with Crippen molar-refractivity contribution in [1.29, 1.82) is 0 Å². The van der Waals surface area contributed by atoms with E-state index in [1.165, 1.54) is 44.5 Å². The third-order valence-corrected chi connectivity index (χ3v) is 9.17. The van der Waals surface area contributed by atoms with Gasteiger partial charge >= 0.3 is 0 Å². The molecule has 1 N–H and O–H groups in total. The number of thiol groups is 1. The van der Waals surface area contributed by atoms with Gasteiger partial charge in [-0.2, -0.15) is 0 Å². The quantitative estimate of drug-likeness (QED) is 0.174. The van der Waals surface area contributed by atoms with Crippen LogP contribution in [0.1, 0.15) is 24.5 Å². The van der Waals surface area contributed by atoms with Crippen molar-refractivity contribution in [2.24, 2.45) is 0 Å². The van der Waals surface area contributed by atoms with Crippen LogP contribution in [0.5, 0.6) is 0 Å². The van der Waals surface area contributed by atoms with Crippen molar-refractivity contribution in [3.8, 4) is 33.4 Å². The lowest BCUT2D eigenvalue weighted by Crippen LogP contribution is -2.20. The van der Waals surface area contributed by atoms with Crippen LogP contribution in [0.3, 0.4) is 0 Å². The second kappa shape index (κ2) is 12.5. The Morgan fingerprint density at radius 3 is 1.89 bits per heavy atom. The van der Waals surface area contributed by atoms with Gasteiger partial charge in [0.1, 0.15) is 0 Å². The summed E-state index contributed by atoms with van der Waals surface area (Å²) in [6.07, 6.45) is 7.91. The highest BCUT2D eigenvalue weighted by atomic mass is 32.1. The SMILES string of the molecule is CC1(c2ccccc2S)C=CC(c2cccc(-c3cc(-c4cccc(-c5ccccc5)c4)ccc3Nc3ccccc3)c2)=CC1. The third-order valence-electron chi connectivity index (χ3n) is 8.78. The molecule has 0 bridgehead atoms. The minimum Gasteiger partial charge on any atom is -0.355 e. The summed E-state index contributed by atoms with van der Waals surface area (Å²) in [7, 11) is 0. The molecule has 6 aromatic rings. The van der Waals surface area contributed by atoms with Crippen LogP contribution in [0.2, 0.25) is 0 Å². The zero-order valence-corrected chi connectivity index (χ0v) is 26.2. The molecule has 0 saturated carbocycles. The van der Waals surface area contributed by atoms with Crippen LogP contribution in [-0.4, -0.2) is 0 Å². The lowest BCUT2D eigenvalue weighted by atomic mass is 9.75. The zero-order chi connectivity index (χ0) is 30.6. The molecule has 218 valence electrons. The molecule has 0 aliphatic heterocycles. The fourth-order valence-electron chi connectivity index (χ4n) is 6.23. The largest absolute Gasteiger partial charge is 0.355 e. The van der Waals surface area contributed by atoms with E-state index >= 15 is 0 Å². The van der Waals surface area contributed by atoms with E-state index in [0.29, 0.717) is 0 Å². The average Bonchev–Trinajstić information content (AvgIpc) is 3.10. The zero-order valence-electron chi connectivity index (χ0n) is 25.3. The molecule has 1 aliphatic rings. The molecule has 1 aliphatic carbocycles. The Hall–Kier alpha value is -5.05. The van der Waals surface area contributed by atoms with E-state index in [9.17, 15) is 0 Å². The summed E-state index contributed by atoms with van der Waals surface area (Å²) in [5, 5.41) is 3.68. The average molecular weight is 598 g/mol. The van der Waals surface area contributed by atoms with Crippen LogP contribution in [0.15, 0.2) is 175 Å². The van der Waals surface area contributed by atoms with E-state index in [2.05, 4.69) is 170 Å². The Morgan fingerprint density at radius 2 is 1.16 bits per heavy atom. The van der Waals surface area contributed by atoms with Crippen molar-refractivity contribution >= 4 is 29.6 Å². The van der Waals surface area contributed by atoms with Crippen LogP contribution in [0.25, 0.3) is 39.0 Å². The Morgan fingerprint density at radius 1 is 0.556 bits per heavy atom. The second-order valence-corrected chi connectivity index (χ2v) is 12.4. The van der Waals surface area contributed by atoms with Crippen molar-refractivity contribution in [3.05, 3.63) is 181 Å². The maximum absolute atomic E-state index is 4.75. The van der Waals surface area contributed by atoms with Crippen molar-refractivity contribution in [2.45, 2.75) is 23.7 Å². The molecule has 45 heavy (non-hydrogen) atoms. The molecule has 0 spiro atoms. The predicted octanol–water partition coefficient (Wildman–Crippen LogP) is 12.0. The van der Waals surface area contributed by atoms with Gasteiger partial charge in [0.05, 0.1) is 0 Å². The molecular formula is C43H35NS. The molecule has 0 fully saturated rings. The van der Waals surface area contributed by atoms with Crippen molar-refractivity contribution in [1.82, 2.24) is 0 Å². The Bertz CT molecular complexity index is 2020. The van der Waals surface area contributed by atoms with Crippen molar-refractivity contribution in [2.75, 3.05) is 5.32 Å². The first-order valence-electron chi connectivity index (χ1n) is 15.5. The van der Waals surface area contributed by atoms with Gasteiger partial charge in [-0.05, 0) is 93.4 Å². The van der Waals surface area contributed by atoms with Crippen LogP contribution in [-0.2, 0) is 5.41 Å². The number of hydrogen-bond acceptors (Lipinski definition) is 2. The van der Waals surface area contributed by atoms with Crippen LogP contribution in [0, 0.1) is 0 Å². The Kier molecular flexibility index (Phi) is 7.98. The van der Waals surface area contributed by atoms with Gasteiger partial charge in [0.2, 0.25) is 0 Å². The second-order valence-electron chi connectivity index (χ2n) is 11.9. The smallest absolute Gasteiger partial charge is 0.0464 e. The summed E-state index contributed by atoms with van der Waals surface area (Å²) in [5.74, 6) is 0. The number of rotatable bonds is 7. The van der Waals surface area contributed by atoms with E-state index in [1.807, 2.05) is 12.1 Å². The van der Waals surface area contributed by atoms with Crippen LogP contribution in [0.4, 0.5) is 11.4 Å². The number of para-hydroxylation sites is 1. The predicted molar refractivity (Wildman–Crippen MR) is 195 cm³/mol. The normalized spacial score (nSPS) is 15.8. The van der Waals surface area contributed by atoms with Gasteiger partial charge in [-0.1, -0.05) is 134 Å². The standard InChI is InChI=1S/C43H35NS/c1-43(40-20-8-9-21-42(40)45)26-24-32(25-27-43)34-15-11-17-37(29-34)39-30-36(22-23-41(39)44-38-18-6-3-7-19-38)35-16-10-14-33(28-35)31-12-4-2-5-13-31/h2-26,28-30,44-45H,27H2,1H3. The van der Waals surface area contributed by atoms with E-state index in [-0.39, 0.29) is 5.41 Å². The van der Waals surface area contributed by atoms with Crippen LogP contribution < -0.4 is 5.32 Å². The van der Waals surface area contributed by atoms with E-state index in [0.717, 1.165) is 28.3 Å². The lowest BCUT2D eigenvalue weighted by molar-refractivity contribution is 0.590. The minimum absolute atomic E-state index is 0.0746. The molecule has 6 aromatic carbocycles. The molecule has 1 nitrogen and oxygen atoms in total. The van der Waals surface area contributed by atoms with Crippen molar-refractivity contribution in [3.63, 3.8) is 0 Å². The summed E-state index contributed by atoms with van der Waals surface area (Å²) >= 11 is 4.75. The third kappa shape index (κ3) is 6.16. The molecule has 0 saturated heterocycles. The maximum atomic E-state index is 4.75. The molecule has 1 atom stereocenters. The van der Waals surface area contributed by atoms with E-state index in [4.69, 9.17) is 12.6 Å². The van der Waals surface area contributed by atoms with E-state index in [1.54, 1.807) is 0 Å². The lowest BCUT2D eigenvalue weighted by Gasteiger charge is -2.30.